The molecule has 0 spiro atoms. The second-order valence-electron chi connectivity index (χ2n) is 4.71. The molecular formula is C17H20INO. The van der Waals surface area contributed by atoms with Gasteiger partial charge >= 0.3 is 0 Å². The third-order valence-corrected chi connectivity index (χ3v) is 3.75. The van der Waals surface area contributed by atoms with Gasteiger partial charge in [-0.05, 0) is 71.0 Å². The van der Waals surface area contributed by atoms with E-state index in [2.05, 4.69) is 71.2 Å². The van der Waals surface area contributed by atoms with Crippen molar-refractivity contribution in [3.63, 3.8) is 0 Å². The van der Waals surface area contributed by atoms with Crippen molar-refractivity contribution in [2.45, 2.75) is 26.3 Å². The van der Waals surface area contributed by atoms with Gasteiger partial charge in [0.25, 0.3) is 0 Å². The second kappa shape index (κ2) is 8.15. The zero-order valence-corrected chi connectivity index (χ0v) is 13.9. The lowest BCUT2D eigenvalue weighted by Gasteiger charge is -2.08. The van der Waals surface area contributed by atoms with Crippen LogP contribution in [0.3, 0.4) is 0 Å². The zero-order valence-electron chi connectivity index (χ0n) is 11.7. The Morgan fingerprint density at radius 3 is 2.35 bits per heavy atom. The maximum Gasteiger partial charge on any atom is 0.119 e. The maximum absolute atomic E-state index is 5.66. The first-order valence-corrected chi connectivity index (χ1v) is 8.07. The minimum Gasteiger partial charge on any atom is -0.494 e. The summed E-state index contributed by atoms with van der Waals surface area (Å²) in [6.45, 7) is 3.80. The van der Waals surface area contributed by atoms with E-state index < -0.39 is 0 Å². The zero-order chi connectivity index (χ0) is 14.2. The number of unbranched alkanes of at least 4 members (excludes halogenated alkanes) is 1. The molecule has 0 aliphatic carbocycles. The fraction of sp³-hybridized carbons (Fsp3) is 0.294. The van der Waals surface area contributed by atoms with E-state index in [0.29, 0.717) is 0 Å². The van der Waals surface area contributed by atoms with Gasteiger partial charge in [0.2, 0.25) is 0 Å². The molecule has 0 unspecified atom stereocenters. The van der Waals surface area contributed by atoms with Crippen molar-refractivity contribution >= 4 is 28.3 Å². The topological polar surface area (TPSA) is 21.3 Å². The summed E-state index contributed by atoms with van der Waals surface area (Å²) in [6.07, 6.45) is 2.27. The molecule has 2 aromatic carbocycles. The van der Waals surface area contributed by atoms with E-state index in [-0.39, 0.29) is 0 Å². The highest BCUT2D eigenvalue weighted by Gasteiger charge is 1.97. The first-order chi connectivity index (χ1) is 9.78. The van der Waals surface area contributed by atoms with Crippen LogP contribution in [0.5, 0.6) is 5.75 Å². The highest BCUT2D eigenvalue weighted by molar-refractivity contribution is 14.1. The quantitative estimate of drug-likeness (QED) is 0.533. The smallest absolute Gasteiger partial charge is 0.119 e. The molecule has 20 heavy (non-hydrogen) atoms. The number of nitrogens with one attached hydrogen (secondary N) is 1. The van der Waals surface area contributed by atoms with E-state index in [4.69, 9.17) is 4.74 Å². The molecule has 0 saturated carbocycles. The molecule has 0 bridgehead atoms. The molecule has 0 aliphatic rings. The van der Waals surface area contributed by atoms with Crippen molar-refractivity contribution in [1.82, 2.24) is 0 Å². The van der Waals surface area contributed by atoms with Crippen LogP contribution in [-0.4, -0.2) is 6.61 Å². The largest absolute Gasteiger partial charge is 0.494 e. The Morgan fingerprint density at radius 1 is 1.00 bits per heavy atom. The molecule has 106 valence electrons. The predicted octanol–water partition coefficient (Wildman–Crippen LogP) is 5.08. The fourth-order valence-electron chi connectivity index (χ4n) is 1.81. The number of benzene rings is 2. The normalized spacial score (nSPS) is 10.3. The van der Waals surface area contributed by atoms with Crippen LogP contribution in [0.1, 0.15) is 25.3 Å². The van der Waals surface area contributed by atoms with Crippen molar-refractivity contribution in [2.24, 2.45) is 0 Å². The summed E-state index contributed by atoms with van der Waals surface area (Å²) >= 11 is 2.31. The standard InChI is InChI=1S/C17H20INO/c1-2-3-12-20-17-10-4-14(5-11-17)13-19-16-8-6-15(18)7-9-16/h4-11,19H,2-3,12-13H2,1H3. The van der Waals surface area contributed by atoms with Gasteiger partial charge in [-0.3, -0.25) is 0 Å². The maximum atomic E-state index is 5.66. The Hall–Kier alpha value is -1.23. The molecule has 0 amide bonds. The van der Waals surface area contributed by atoms with E-state index in [9.17, 15) is 0 Å². The lowest BCUT2D eigenvalue weighted by molar-refractivity contribution is 0.309. The summed E-state index contributed by atoms with van der Waals surface area (Å²) in [5, 5.41) is 3.42. The molecule has 0 fully saturated rings. The molecule has 2 aromatic rings. The van der Waals surface area contributed by atoms with Crippen LogP contribution in [-0.2, 0) is 6.54 Å². The average molecular weight is 381 g/mol. The van der Waals surface area contributed by atoms with Crippen LogP contribution in [0, 0.1) is 3.57 Å². The van der Waals surface area contributed by atoms with Crippen molar-refractivity contribution in [3.8, 4) is 5.75 Å². The van der Waals surface area contributed by atoms with Gasteiger partial charge in [-0.25, -0.2) is 0 Å². The molecule has 2 nitrogen and oxygen atoms in total. The number of rotatable bonds is 7. The predicted molar refractivity (Wildman–Crippen MR) is 93.3 cm³/mol. The van der Waals surface area contributed by atoms with Gasteiger partial charge in [-0.1, -0.05) is 25.5 Å². The van der Waals surface area contributed by atoms with Crippen LogP contribution < -0.4 is 10.1 Å². The molecular weight excluding hydrogens is 361 g/mol. The van der Waals surface area contributed by atoms with Gasteiger partial charge in [0.05, 0.1) is 6.61 Å². The molecule has 0 aromatic heterocycles. The molecule has 0 saturated heterocycles. The second-order valence-corrected chi connectivity index (χ2v) is 5.95. The van der Waals surface area contributed by atoms with E-state index in [1.54, 1.807) is 0 Å². The molecule has 3 heteroatoms. The number of halogens is 1. The van der Waals surface area contributed by atoms with Crippen LogP contribution in [0.25, 0.3) is 0 Å². The Morgan fingerprint density at radius 2 is 1.70 bits per heavy atom. The van der Waals surface area contributed by atoms with Crippen molar-refractivity contribution in [1.29, 1.82) is 0 Å². The van der Waals surface area contributed by atoms with E-state index >= 15 is 0 Å². The van der Waals surface area contributed by atoms with Gasteiger partial charge < -0.3 is 10.1 Å². The number of anilines is 1. The van der Waals surface area contributed by atoms with E-state index in [0.717, 1.165) is 37.4 Å². The van der Waals surface area contributed by atoms with Crippen molar-refractivity contribution in [3.05, 3.63) is 57.7 Å². The molecule has 0 heterocycles. The van der Waals surface area contributed by atoms with E-state index in [1.807, 2.05) is 12.1 Å². The number of ether oxygens (including phenoxy) is 1. The molecule has 0 radical (unpaired) electrons. The SMILES string of the molecule is CCCCOc1ccc(CNc2ccc(I)cc2)cc1. The molecule has 1 N–H and O–H groups in total. The molecule has 0 aliphatic heterocycles. The van der Waals surface area contributed by atoms with Crippen LogP contribution in [0.15, 0.2) is 48.5 Å². The van der Waals surface area contributed by atoms with Crippen LogP contribution in [0.4, 0.5) is 5.69 Å². The highest BCUT2D eigenvalue weighted by atomic mass is 127. The van der Waals surface area contributed by atoms with Crippen LogP contribution >= 0.6 is 22.6 Å². The third-order valence-electron chi connectivity index (χ3n) is 3.03. The van der Waals surface area contributed by atoms with Crippen LogP contribution in [0.2, 0.25) is 0 Å². The Labute approximate surface area is 134 Å². The van der Waals surface area contributed by atoms with Crippen molar-refractivity contribution < 1.29 is 4.74 Å². The Bertz CT molecular complexity index is 508. The Balaban J connectivity index is 1.82. The minimum absolute atomic E-state index is 0.802. The van der Waals surface area contributed by atoms with Gasteiger partial charge in [0.1, 0.15) is 5.75 Å². The lowest BCUT2D eigenvalue weighted by Crippen LogP contribution is -2.00. The lowest BCUT2D eigenvalue weighted by atomic mass is 10.2. The minimum atomic E-state index is 0.802. The van der Waals surface area contributed by atoms with Gasteiger partial charge in [-0.15, -0.1) is 0 Å². The number of hydrogen-bond donors (Lipinski definition) is 1. The molecule has 2 rings (SSSR count). The average Bonchev–Trinajstić information content (AvgIpc) is 2.48. The van der Waals surface area contributed by atoms with Crippen molar-refractivity contribution in [2.75, 3.05) is 11.9 Å². The summed E-state index contributed by atoms with van der Waals surface area (Å²) in [4.78, 5) is 0. The summed E-state index contributed by atoms with van der Waals surface area (Å²) in [5.41, 5.74) is 2.40. The summed E-state index contributed by atoms with van der Waals surface area (Å²) in [6, 6.07) is 16.7. The van der Waals surface area contributed by atoms with Gasteiger partial charge in [0, 0.05) is 15.8 Å². The highest BCUT2D eigenvalue weighted by Crippen LogP contribution is 2.15. The number of hydrogen-bond acceptors (Lipinski definition) is 2. The summed E-state index contributed by atoms with van der Waals surface area (Å²) in [7, 11) is 0. The first kappa shape index (κ1) is 15.2. The Kier molecular flexibility index (Phi) is 6.18. The summed E-state index contributed by atoms with van der Waals surface area (Å²) < 4.78 is 6.91. The summed E-state index contributed by atoms with van der Waals surface area (Å²) in [5.74, 6) is 0.955. The molecule has 0 atom stereocenters. The van der Waals surface area contributed by atoms with E-state index in [1.165, 1.54) is 9.13 Å². The van der Waals surface area contributed by atoms with Gasteiger partial charge in [-0.2, -0.15) is 0 Å². The third kappa shape index (κ3) is 5.04. The first-order valence-electron chi connectivity index (χ1n) is 6.99. The fourth-order valence-corrected chi connectivity index (χ4v) is 2.17. The van der Waals surface area contributed by atoms with Gasteiger partial charge in [0.15, 0.2) is 0 Å². The monoisotopic (exact) mass is 381 g/mol.